The van der Waals surface area contributed by atoms with Crippen molar-refractivity contribution in [2.75, 3.05) is 0 Å². The van der Waals surface area contributed by atoms with Crippen molar-refractivity contribution in [2.24, 2.45) is 0 Å². The summed E-state index contributed by atoms with van der Waals surface area (Å²) in [5.41, 5.74) is 0. The van der Waals surface area contributed by atoms with E-state index >= 15 is 0 Å². The van der Waals surface area contributed by atoms with E-state index < -0.39 is 35.8 Å². The van der Waals surface area contributed by atoms with Gasteiger partial charge in [0.25, 0.3) is 0 Å². The first-order valence-electron chi connectivity index (χ1n) is 3.15. The van der Waals surface area contributed by atoms with Crippen LogP contribution in [0.4, 0.5) is 4.79 Å². The van der Waals surface area contributed by atoms with Crippen LogP contribution >= 0.6 is 0 Å². The van der Waals surface area contributed by atoms with E-state index in [1.807, 2.05) is 0 Å². The van der Waals surface area contributed by atoms with E-state index in [1.54, 1.807) is 0 Å². The number of ether oxygens (including phenoxy) is 1. The first-order valence-corrected chi connectivity index (χ1v) is 4.55. The summed E-state index contributed by atoms with van der Waals surface area (Å²) in [6.45, 7) is 0. The van der Waals surface area contributed by atoms with Gasteiger partial charge in [-0.1, -0.05) is 0 Å². The molecule has 0 aliphatic heterocycles. The molecule has 0 bridgehead atoms. The van der Waals surface area contributed by atoms with E-state index in [1.165, 1.54) is 0 Å². The van der Waals surface area contributed by atoms with Gasteiger partial charge in [-0.25, -0.2) is 14.4 Å². The maximum absolute atomic E-state index is 10.2. The van der Waals surface area contributed by atoms with Crippen LogP contribution in [-0.4, -0.2) is 87.7 Å². The number of hydrogen-bond acceptors (Lipinski definition) is 10. The Kier molecular flexibility index (Phi) is 17.3. The molecule has 16 heteroatoms. The minimum atomic E-state index is -4.67. The Labute approximate surface area is 128 Å². The van der Waals surface area contributed by atoms with Crippen LogP contribution in [0.5, 0.6) is 0 Å². The van der Waals surface area contributed by atoms with Gasteiger partial charge < -0.3 is 30.7 Å². The van der Waals surface area contributed by atoms with Crippen molar-refractivity contribution in [3.8, 4) is 0 Å². The van der Waals surface area contributed by atoms with E-state index in [-0.39, 0.29) is 35.7 Å². The third-order valence-corrected chi connectivity index (χ3v) is 0.559. The van der Waals surface area contributed by atoms with Gasteiger partial charge >= 0.3 is 65.4 Å². The molecule has 0 atom stereocenters. The first kappa shape index (κ1) is 26.7. The predicted molar refractivity (Wildman–Crippen MR) is 56.7 cm³/mol. The fourth-order valence-corrected chi connectivity index (χ4v) is 0.265. The third-order valence-electron chi connectivity index (χ3n) is 0.559. The summed E-state index contributed by atoms with van der Waals surface area (Å²) in [5, 5.41) is 23.7. The Balaban J connectivity index is -0.000000139. The van der Waals surface area contributed by atoms with Crippen molar-refractivity contribution >= 4 is 65.4 Å². The molecule has 19 heavy (non-hydrogen) atoms. The van der Waals surface area contributed by atoms with Crippen LogP contribution in [0.3, 0.4) is 0 Å². The molecule has 0 rings (SSSR count). The molecule has 0 amide bonds. The van der Waals surface area contributed by atoms with Crippen molar-refractivity contribution in [3.63, 3.8) is 0 Å². The molecule has 0 radical (unpaired) electrons. The minimum absolute atomic E-state index is 0. The molecule has 108 valence electrons. The molecule has 0 aliphatic rings. The summed E-state index contributed by atoms with van der Waals surface area (Å²) < 4.78 is 38.3. The van der Waals surface area contributed by atoms with Crippen LogP contribution in [0.25, 0.3) is 0 Å². The monoisotopic (exact) mass is 317 g/mol. The van der Waals surface area contributed by atoms with Gasteiger partial charge in [0.15, 0.2) is 0 Å². The quantitative estimate of drug-likeness (QED) is 0.0908. The Morgan fingerprint density at radius 1 is 1.00 bits per heavy atom. The van der Waals surface area contributed by atoms with Crippen molar-refractivity contribution in [2.45, 2.75) is 0 Å². The van der Waals surface area contributed by atoms with Gasteiger partial charge in [-0.15, -0.1) is 0 Å². The molecule has 0 saturated carbocycles. The van der Waals surface area contributed by atoms with Gasteiger partial charge in [-0.2, -0.15) is 8.42 Å². The second-order valence-electron chi connectivity index (χ2n) is 1.83. The molecular weight excluding hydrogens is 308 g/mol. The molecule has 0 unspecified atom stereocenters. The molecule has 0 aromatic carbocycles. The zero-order valence-corrected chi connectivity index (χ0v) is 9.10. The Morgan fingerprint density at radius 2 is 1.32 bits per heavy atom. The van der Waals surface area contributed by atoms with Gasteiger partial charge in [0.05, 0.1) is 0 Å². The van der Waals surface area contributed by atoms with Gasteiger partial charge in [0.1, 0.15) is 0 Å². The van der Waals surface area contributed by atoms with Crippen molar-refractivity contribution in [1.29, 1.82) is 0 Å². The molecule has 13 nitrogen and oxygen atoms in total. The van der Waals surface area contributed by atoms with E-state index in [2.05, 4.69) is 9.39 Å². The van der Waals surface area contributed by atoms with Crippen molar-refractivity contribution in [3.05, 3.63) is 0 Å². The third kappa shape index (κ3) is 31.7. The number of rotatable bonds is 1. The summed E-state index contributed by atoms with van der Waals surface area (Å²) in [6, 6.07) is 0. The van der Waals surface area contributed by atoms with E-state index in [9.17, 15) is 14.4 Å². The van der Waals surface area contributed by atoms with Gasteiger partial charge in [0, 0.05) is 0 Å². The fourth-order valence-electron chi connectivity index (χ4n) is 0.265. The van der Waals surface area contributed by atoms with Crippen LogP contribution in [0.2, 0.25) is 0 Å². The average molecular weight is 317 g/mol. The topological polar surface area (TPSA) is 240 Å². The number of carbonyl (C=O) groups excluding carboxylic acids is 2. The molecule has 0 saturated heterocycles. The second-order valence-corrected chi connectivity index (χ2v) is 2.73. The zero-order chi connectivity index (χ0) is 14.2. The summed E-state index contributed by atoms with van der Waals surface area (Å²) in [5.74, 6) is -3.66. The van der Waals surface area contributed by atoms with Gasteiger partial charge in [0.2, 0.25) is 0 Å². The van der Waals surface area contributed by atoms with Crippen LogP contribution in [0, 0.1) is 0 Å². The standard InChI is InChI=1S/C3H3BO8.H3N.Na.H2O4S.H/c5-1(11-3(7)8)2(6)12-4(9)10;;;1-5(2,3)4;/h9-10H,(H,7,8);1H3;;(H2,1,2,3,4);. The molecule has 0 heterocycles. The predicted octanol–water partition coefficient (Wildman–Crippen LogP) is -3.42. The number of carboxylic acid groups (broad SMARTS) is 1. The van der Waals surface area contributed by atoms with E-state index in [0.29, 0.717) is 0 Å². The average Bonchev–Trinajstić information content (AvgIpc) is 1.97. The van der Waals surface area contributed by atoms with Gasteiger partial charge in [-0.3, -0.25) is 9.11 Å². The van der Waals surface area contributed by atoms with Crippen LogP contribution in [0.15, 0.2) is 0 Å². The molecule has 0 aliphatic carbocycles. The summed E-state index contributed by atoms with van der Waals surface area (Å²) in [6.07, 6.45) is -2.00. The van der Waals surface area contributed by atoms with Crippen LogP contribution < -0.4 is 6.15 Å². The van der Waals surface area contributed by atoms with E-state index in [4.69, 9.17) is 32.7 Å². The molecule has 0 aromatic heterocycles. The normalized spacial score (nSPS) is 8.42. The second kappa shape index (κ2) is 12.3. The summed E-state index contributed by atoms with van der Waals surface area (Å²) >= 11 is 0. The van der Waals surface area contributed by atoms with Crippen molar-refractivity contribution in [1.82, 2.24) is 6.15 Å². The molecule has 0 spiro atoms. The first-order chi connectivity index (χ1) is 7.43. The number of esters is 1. The Bertz CT molecular complexity index is 384. The molecule has 8 N–H and O–H groups in total. The fraction of sp³-hybridized carbons (Fsp3) is 0. The summed E-state index contributed by atoms with van der Waals surface area (Å²) in [4.78, 5) is 30.0. The van der Waals surface area contributed by atoms with Crippen LogP contribution in [0.1, 0.15) is 0 Å². The number of hydrogen-bond donors (Lipinski definition) is 6. The van der Waals surface area contributed by atoms with Crippen molar-refractivity contribution < 1.29 is 56.5 Å². The zero-order valence-electron chi connectivity index (χ0n) is 8.29. The maximum atomic E-state index is 10.2. The number of carbonyl (C=O) groups is 3. The summed E-state index contributed by atoms with van der Waals surface area (Å²) in [7, 11) is -7.15. The molecule has 0 aromatic rings. The molecular formula is C3H9BNNaO12S. The molecule has 0 fully saturated rings. The van der Waals surface area contributed by atoms with Gasteiger partial charge in [-0.05, 0) is 0 Å². The van der Waals surface area contributed by atoms with E-state index in [0.717, 1.165) is 0 Å². The van der Waals surface area contributed by atoms with Crippen LogP contribution in [-0.2, 0) is 29.4 Å². The Hall–Kier alpha value is -0.775. The Morgan fingerprint density at radius 3 is 1.53 bits per heavy atom. The SMILES string of the molecule is N.O=C(O)OC(=O)C(=O)OB(O)O.O=S(=O)(O)O.[NaH].